The molecule has 4 aromatic rings. The maximum absolute atomic E-state index is 12.8. The number of aliphatic imine (C=N–C) groups is 1. The number of nitrogens with zero attached hydrogens (tertiary/aromatic N) is 4. The first-order chi connectivity index (χ1) is 17.7. The summed E-state index contributed by atoms with van der Waals surface area (Å²) in [5.74, 6) is 0.0749. The average molecular weight is 514 g/mol. The zero-order valence-electron chi connectivity index (χ0n) is 20.8. The van der Waals surface area contributed by atoms with Crippen LogP contribution in [0.2, 0.25) is 0 Å². The number of ether oxygens (including phenoxy) is 1. The highest BCUT2D eigenvalue weighted by Crippen LogP contribution is 2.24. The molecule has 1 amide bonds. The van der Waals surface area contributed by atoms with Gasteiger partial charge in [-0.1, -0.05) is 18.2 Å². The molecule has 2 aromatic carbocycles. The minimum absolute atomic E-state index is 0.133. The smallest absolute Gasteiger partial charge is 0.285 e. The van der Waals surface area contributed by atoms with Crippen LogP contribution in [0.15, 0.2) is 88.5 Å². The maximum atomic E-state index is 12.8. The Labute approximate surface area is 216 Å². The van der Waals surface area contributed by atoms with Crippen LogP contribution >= 0.6 is 0 Å². The number of amides is 1. The van der Waals surface area contributed by atoms with Crippen LogP contribution in [-0.4, -0.2) is 45.9 Å². The van der Waals surface area contributed by atoms with Crippen molar-refractivity contribution in [2.24, 2.45) is 15.1 Å². The largest absolute Gasteiger partial charge is 0.487 e. The summed E-state index contributed by atoms with van der Waals surface area (Å²) in [6.07, 6.45) is 8.00. The number of pyridine rings is 2. The van der Waals surface area contributed by atoms with Crippen molar-refractivity contribution in [3.63, 3.8) is 0 Å². The van der Waals surface area contributed by atoms with Crippen molar-refractivity contribution in [3.8, 4) is 5.75 Å². The molecule has 4 rings (SSSR count). The fraction of sp³-hybridized carbons (Fsp3) is 0.143. The third kappa shape index (κ3) is 6.45. The molecular formula is C28H27N5O3S. The quantitative estimate of drug-likeness (QED) is 0.361. The summed E-state index contributed by atoms with van der Waals surface area (Å²) in [7, 11) is -0.902. The molecule has 0 aliphatic heterocycles. The van der Waals surface area contributed by atoms with Crippen LogP contribution < -0.4 is 10.5 Å². The minimum Gasteiger partial charge on any atom is -0.487 e. The van der Waals surface area contributed by atoms with Crippen LogP contribution in [0.1, 0.15) is 27.2 Å². The number of hydrogen-bond acceptors (Lipinski definition) is 7. The van der Waals surface area contributed by atoms with Gasteiger partial charge < -0.3 is 10.5 Å². The van der Waals surface area contributed by atoms with Gasteiger partial charge in [0, 0.05) is 64.6 Å². The van der Waals surface area contributed by atoms with Crippen molar-refractivity contribution in [3.05, 3.63) is 102 Å². The van der Waals surface area contributed by atoms with Crippen molar-refractivity contribution in [2.75, 3.05) is 19.6 Å². The van der Waals surface area contributed by atoms with E-state index in [1.165, 1.54) is 12.5 Å². The topological polar surface area (TPSA) is 120 Å². The number of fused-ring (bicyclic) bond motifs is 1. The molecule has 0 saturated heterocycles. The summed E-state index contributed by atoms with van der Waals surface area (Å²) in [5, 5.41) is 0.649. The lowest BCUT2D eigenvalue weighted by Crippen LogP contribution is -2.06. The molecule has 2 N–H and O–H groups in total. The number of allylic oxidation sites excluding steroid dienone is 1. The van der Waals surface area contributed by atoms with Crippen molar-refractivity contribution in [2.45, 2.75) is 6.61 Å². The zero-order valence-corrected chi connectivity index (χ0v) is 21.6. The number of carbonyl (C=O) groups is 1. The third-order valence-corrected chi connectivity index (χ3v) is 6.00. The van der Waals surface area contributed by atoms with Gasteiger partial charge in [-0.25, -0.2) is 9.19 Å². The summed E-state index contributed by atoms with van der Waals surface area (Å²) in [6.45, 7) is 0.133. The third-order valence-electron chi connectivity index (χ3n) is 5.39. The van der Waals surface area contributed by atoms with Crippen molar-refractivity contribution in [1.29, 1.82) is 0 Å². The number of aromatic nitrogens is 2. The van der Waals surface area contributed by atoms with Gasteiger partial charge in [0.1, 0.15) is 12.4 Å². The van der Waals surface area contributed by atoms with Crippen LogP contribution in [0.3, 0.4) is 0 Å². The average Bonchev–Trinajstić information content (AvgIpc) is 2.89. The Morgan fingerprint density at radius 1 is 1.03 bits per heavy atom. The maximum Gasteiger partial charge on any atom is 0.285 e. The molecule has 188 valence electrons. The van der Waals surface area contributed by atoms with Gasteiger partial charge in [-0.2, -0.15) is 4.36 Å². The van der Waals surface area contributed by atoms with Crippen molar-refractivity contribution < 1.29 is 13.7 Å². The molecule has 8 nitrogen and oxygen atoms in total. The first kappa shape index (κ1) is 25.7. The first-order valence-electron chi connectivity index (χ1n) is 11.4. The summed E-state index contributed by atoms with van der Waals surface area (Å²) in [4.78, 5) is 25.6. The molecule has 0 unspecified atom stereocenters. The van der Waals surface area contributed by atoms with Gasteiger partial charge in [0.15, 0.2) is 0 Å². The fourth-order valence-corrected chi connectivity index (χ4v) is 4.23. The molecule has 0 bridgehead atoms. The summed E-state index contributed by atoms with van der Waals surface area (Å²) >= 11 is 0. The van der Waals surface area contributed by atoms with Gasteiger partial charge in [-0.05, 0) is 59.7 Å². The van der Waals surface area contributed by atoms with Crippen molar-refractivity contribution >= 4 is 44.0 Å². The summed E-state index contributed by atoms with van der Waals surface area (Å²) in [5.41, 5.74) is 11.1. The Bertz CT molecular complexity index is 1610. The SMILES string of the molecule is CN=C/C(=C(\N)c1ccc(OCc2cc(C(=O)N=S(C)(C)=O)c3ccccc3n2)cc1)c1ccncc1. The highest BCUT2D eigenvalue weighted by atomic mass is 32.2. The normalized spacial score (nSPS) is 12.4. The minimum atomic E-state index is -2.60. The van der Waals surface area contributed by atoms with E-state index in [2.05, 4.69) is 19.3 Å². The molecule has 0 aliphatic carbocycles. The van der Waals surface area contributed by atoms with Crippen LogP contribution in [0.5, 0.6) is 5.75 Å². The molecule has 37 heavy (non-hydrogen) atoms. The van der Waals surface area contributed by atoms with E-state index in [0.717, 1.165) is 16.7 Å². The standard InChI is InChI=1S/C28H27N5O3S/c1-30-17-25(19-12-14-31-15-13-19)27(29)20-8-10-22(11-9-20)36-18-21-16-24(28(34)33-37(2,3)35)23-6-4-5-7-26(23)32-21/h4-17H,18,29H2,1-3H3/b27-25+,30-17?. The van der Waals surface area contributed by atoms with Gasteiger partial charge >= 0.3 is 0 Å². The molecule has 0 fully saturated rings. The van der Waals surface area contributed by atoms with E-state index in [0.29, 0.717) is 33.6 Å². The number of benzene rings is 2. The predicted molar refractivity (Wildman–Crippen MR) is 149 cm³/mol. The lowest BCUT2D eigenvalue weighted by molar-refractivity contribution is 0.101. The van der Waals surface area contributed by atoms with Crippen LogP contribution in [0.4, 0.5) is 0 Å². The molecule has 2 aromatic heterocycles. The second-order valence-electron chi connectivity index (χ2n) is 8.52. The molecule has 0 saturated carbocycles. The highest BCUT2D eigenvalue weighted by Gasteiger charge is 2.14. The predicted octanol–water partition coefficient (Wildman–Crippen LogP) is 4.60. The van der Waals surface area contributed by atoms with Crippen LogP contribution in [0, 0.1) is 0 Å². The Balaban J connectivity index is 1.58. The van der Waals surface area contributed by atoms with E-state index < -0.39 is 15.6 Å². The zero-order chi connectivity index (χ0) is 26.4. The van der Waals surface area contributed by atoms with Gasteiger partial charge in [-0.3, -0.25) is 14.8 Å². The Morgan fingerprint density at radius 2 is 1.73 bits per heavy atom. The molecule has 2 heterocycles. The van der Waals surface area contributed by atoms with Crippen LogP contribution in [0.25, 0.3) is 22.2 Å². The number of rotatable bonds is 7. The van der Waals surface area contributed by atoms with E-state index in [1.54, 1.807) is 37.8 Å². The van der Waals surface area contributed by atoms with Gasteiger partial charge in [0.25, 0.3) is 5.91 Å². The van der Waals surface area contributed by atoms with E-state index >= 15 is 0 Å². The first-order valence-corrected chi connectivity index (χ1v) is 13.7. The highest BCUT2D eigenvalue weighted by molar-refractivity contribution is 7.92. The fourth-order valence-electron chi connectivity index (χ4n) is 3.73. The molecule has 0 aliphatic rings. The number of carbonyl (C=O) groups excluding carboxylic acids is 1. The van der Waals surface area contributed by atoms with Gasteiger partial charge in [0.2, 0.25) is 0 Å². The van der Waals surface area contributed by atoms with Crippen molar-refractivity contribution in [1.82, 2.24) is 9.97 Å². The molecule has 9 heteroatoms. The summed E-state index contributed by atoms with van der Waals surface area (Å²) < 4.78 is 21.9. The second kappa shape index (κ2) is 11.1. The van der Waals surface area contributed by atoms with E-state index in [-0.39, 0.29) is 6.61 Å². The molecule has 0 radical (unpaired) electrons. The molecular weight excluding hydrogens is 486 g/mol. The Hall–Kier alpha value is -4.37. The van der Waals surface area contributed by atoms with E-state index in [9.17, 15) is 9.00 Å². The molecule has 0 spiro atoms. The Kier molecular flexibility index (Phi) is 7.74. The van der Waals surface area contributed by atoms with E-state index in [1.807, 2.05) is 54.6 Å². The van der Waals surface area contributed by atoms with E-state index in [4.69, 9.17) is 10.5 Å². The lowest BCUT2D eigenvalue weighted by Gasteiger charge is -2.11. The van der Waals surface area contributed by atoms with Crippen LogP contribution in [-0.2, 0) is 16.3 Å². The monoisotopic (exact) mass is 513 g/mol. The van der Waals surface area contributed by atoms with Gasteiger partial charge in [-0.15, -0.1) is 0 Å². The Morgan fingerprint density at radius 3 is 2.41 bits per heavy atom. The lowest BCUT2D eigenvalue weighted by atomic mass is 10.0. The number of para-hydroxylation sites is 1. The number of hydrogen-bond donors (Lipinski definition) is 1. The summed E-state index contributed by atoms with van der Waals surface area (Å²) in [6, 6.07) is 20.0. The molecule has 0 atom stereocenters. The van der Waals surface area contributed by atoms with Gasteiger partial charge in [0.05, 0.1) is 16.8 Å². The second-order valence-corrected chi connectivity index (χ2v) is 11.1. The number of nitrogens with two attached hydrogens (primary N) is 1.